The highest BCUT2D eigenvalue weighted by Crippen LogP contribution is 2.28. The van der Waals surface area contributed by atoms with Gasteiger partial charge in [0.15, 0.2) is 0 Å². The number of amides is 2. The standard InChI is InChI=1S/C17H15ClN2O4/c1-23-15-7-4-12(18)10-14(15)19-16(21)11-2-5-13(6-3-11)20-8-9-24-17(20)22/h2-7,10H,8-9H2,1H3,(H,19,21). The molecule has 1 N–H and O–H groups in total. The van der Waals surface area contributed by atoms with E-state index >= 15 is 0 Å². The smallest absolute Gasteiger partial charge is 0.414 e. The lowest BCUT2D eigenvalue weighted by Crippen LogP contribution is -2.23. The molecule has 1 saturated heterocycles. The highest BCUT2D eigenvalue weighted by molar-refractivity contribution is 6.31. The Bertz CT molecular complexity index is 777. The van der Waals surface area contributed by atoms with Crippen LogP contribution in [0.25, 0.3) is 0 Å². The van der Waals surface area contributed by atoms with Crippen LogP contribution < -0.4 is 15.0 Å². The van der Waals surface area contributed by atoms with Gasteiger partial charge in [0.2, 0.25) is 0 Å². The molecule has 1 heterocycles. The maximum absolute atomic E-state index is 12.4. The average molecular weight is 347 g/mol. The quantitative estimate of drug-likeness (QED) is 0.919. The molecule has 2 aromatic rings. The zero-order valence-electron chi connectivity index (χ0n) is 12.9. The predicted molar refractivity (Wildman–Crippen MR) is 91.1 cm³/mol. The Morgan fingerprint density at radius 2 is 2.00 bits per heavy atom. The van der Waals surface area contributed by atoms with Gasteiger partial charge in [-0.05, 0) is 42.5 Å². The number of hydrogen-bond donors (Lipinski definition) is 1. The summed E-state index contributed by atoms with van der Waals surface area (Å²) in [4.78, 5) is 25.4. The number of carbonyl (C=O) groups excluding carboxylic acids is 2. The van der Waals surface area contributed by atoms with Gasteiger partial charge in [0, 0.05) is 16.3 Å². The molecular formula is C17H15ClN2O4. The molecule has 3 rings (SSSR count). The van der Waals surface area contributed by atoms with Crippen LogP contribution in [0.3, 0.4) is 0 Å². The number of ether oxygens (including phenoxy) is 2. The van der Waals surface area contributed by atoms with Gasteiger partial charge in [-0.1, -0.05) is 11.6 Å². The van der Waals surface area contributed by atoms with Crippen molar-refractivity contribution in [3.8, 4) is 5.75 Å². The lowest BCUT2D eigenvalue weighted by atomic mass is 10.1. The normalized spacial score (nSPS) is 13.6. The first kappa shape index (κ1) is 16.1. The average Bonchev–Trinajstić information content (AvgIpc) is 3.01. The van der Waals surface area contributed by atoms with Gasteiger partial charge < -0.3 is 14.8 Å². The van der Waals surface area contributed by atoms with Crippen molar-refractivity contribution in [3.05, 3.63) is 53.1 Å². The van der Waals surface area contributed by atoms with Crippen molar-refractivity contribution in [2.45, 2.75) is 0 Å². The summed E-state index contributed by atoms with van der Waals surface area (Å²) in [6.45, 7) is 0.875. The van der Waals surface area contributed by atoms with E-state index in [1.54, 1.807) is 42.5 Å². The van der Waals surface area contributed by atoms with Gasteiger partial charge in [-0.3, -0.25) is 9.69 Å². The third-order valence-electron chi connectivity index (χ3n) is 3.61. The van der Waals surface area contributed by atoms with E-state index in [1.807, 2.05) is 0 Å². The second-order valence-corrected chi connectivity index (χ2v) is 5.55. The van der Waals surface area contributed by atoms with Crippen molar-refractivity contribution in [2.24, 2.45) is 0 Å². The molecule has 0 radical (unpaired) electrons. The summed E-state index contributed by atoms with van der Waals surface area (Å²) < 4.78 is 10.1. The Hall–Kier alpha value is -2.73. The van der Waals surface area contributed by atoms with Crippen LogP contribution in [0.2, 0.25) is 5.02 Å². The van der Waals surface area contributed by atoms with E-state index in [1.165, 1.54) is 12.0 Å². The monoisotopic (exact) mass is 346 g/mol. The predicted octanol–water partition coefficient (Wildman–Crippen LogP) is 3.56. The summed E-state index contributed by atoms with van der Waals surface area (Å²) in [5.74, 6) is 0.218. The first-order valence-corrected chi connectivity index (χ1v) is 7.65. The molecule has 0 spiro atoms. The zero-order chi connectivity index (χ0) is 17.1. The molecule has 0 atom stereocenters. The molecular weight excluding hydrogens is 332 g/mol. The fourth-order valence-corrected chi connectivity index (χ4v) is 2.57. The van der Waals surface area contributed by atoms with Gasteiger partial charge in [-0.2, -0.15) is 0 Å². The maximum atomic E-state index is 12.4. The second-order valence-electron chi connectivity index (χ2n) is 5.11. The van der Waals surface area contributed by atoms with Gasteiger partial charge >= 0.3 is 6.09 Å². The lowest BCUT2D eigenvalue weighted by molar-refractivity contribution is 0.102. The van der Waals surface area contributed by atoms with Crippen molar-refractivity contribution in [2.75, 3.05) is 30.5 Å². The van der Waals surface area contributed by atoms with E-state index in [-0.39, 0.29) is 12.0 Å². The zero-order valence-corrected chi connectivity index (χ0v) is 13.7. The van der Waals surface area contributed by atoms with E-state index in [2.05, 4.69) is 5.32 Å². The molecule has 0 aliphatic carbocycles. The van der Waals surface area contributed by atoms with Gasteiger partial charge in [-0.15, -0.1) is 0 Å². The van der Waals surface area contributed by atoms with Crippen molar-refractivity contribution in [1.82, 2.24) is 0 Å². The number of benzene rings is 2. The number of nitrogens with one attached hydrogen (secondary N) is 1. The highest BCUT2D eigenvalue weighted by atomic mass is 35.5. The Morgan fingerprint density at radius 1 is 1.25 bits per heavy atom. The molecule has 0 saturated carbocycles. The third-order valence-corrected chi connectivity index (χ3v) is 3.85. The van der Waals surface area contributed by atoms with Crippen LogP contribution in [-0.4, -0.2) is 32.3 Å². The topological polar surface area (TPSA) is 67.9 Å². The van der Waals surface area contributed by atoms with Gasteiger partial charge in [0.1, 0.15) is 12.4 Å². The summed E-state index contributed by atoms with van der Waals surface area (Å²) in [5, 5.41) is 3.26. The van der Waals surface area contributed by atoms with Crippen molar-refractivity contribution in [1.29, 1.82) is 0 Å². The molecule has 2 aromatic carbocycles. The van der Waals surface area contributed by atoms with E-state index in [0.29, 0.717) is 40.9 Å². The van der Waals surface area contributed by atoms with Crippen LogP contribution in [0.15, 0.2) is 42.5 Å². The Balaban J connectivity index is 1.76. The number of hydrogen-bond acceptors (Lipinski definition) is 4. The second kappa shape index (κ2) is 6.80. The number of cyclic esters (lactones) is 1. The summed E-state index contributed by atoms with van der Waals surface area (Å²) in [5.41, 5.74) is 1.63. The van der Waals surface area contributed by atoms with Gasteiger partial charge in [0.25, 0.3) is 5.91 Å². The van der Waals surface area contributed by atoms with Crippen LogP contribution in [-0.2, 0) is 4.74 Å². The minimum absolute atomic E-state index is 0.300. The summed E-state index contributed by atoms with van der Waals surface area (Å²) >= 11 is 5.95. The summed E-state index contributed by atoms with van der Waals surface area (Å²) in [7, 11) is 1.52. The maximum Gasteiger partial charge on any atom is 0.414 e. The molecule has 0 aromatic heterocycles. The molecule has 6 nitrogen and oxygen atoms in total. The van der Waals surface area contributed by atoms with Crippen molar-refractivity contribution < 1.29 is 19.1 Å². The van der Waals surface area contributed by atoms with Crippen LogP contribution >= 0.6 is 11.6 Å². The largest absolute Gasteiger partial charge is 0.495 e. The van der Waals surface area contributed by atoms with E-state index in [9.17, 15) is 9.59 Å². The van der Waals surface area contributed by atoms with Crippen LogP contribution in [0, 0.1) is 0 Å². The first-order chi connectivity index (χ1) is 11.6. The molecule has 1 aliphatic heterocycles. The Kier molecular flexibility index (Phi) is 4.57. The lowest BCUT2D eigenvalue weighted by Gasteiger charge is -2.13. The molecule has 1 fully saturated rings. The number of nitrogens with zero attached hydrogens (tertiary/aromatic N) is 1. The van der Waals surface area contributed by atoms with Crippen LogP contribution in [0.4, 0.5) is 16.2 Å². The number of rotatable bonds is 4. The van der Waals surface area contributed by atoms with Crippen LogP contribution in [0.1, 0.15) is 10.4 Å². The first-order valence-electron chi connectivity index (χ1n) is 7.28. The van der Waals surface area contributed by atoms with Crippen molar-refractivity contribution >= 4 is 35.0 Å². The van der Waals surface area contributed by atoms with E-state index < -0.39 is 0 Å². The molecule has 2 amide bonds. The van der Waals surface area contributed by atoms with Crippen molar-refractivity contribution in [3.63, 3.8) is 0 Å². The summed E-state index contributed by atoms with van der Waals surface area (Å²) in [6.07, 6.45) is -0.379. The minimum Gasteiger partial charge on any atom is -0.495 e. The molecule has 124 valence electrons. The molecule has 0 bridgehead atoms. The fraction of sp³-hybridized carbons (Fsp3) is 0.176. The minimum atomic E-state index is -0.379. The van der Waals surface area contributed by atoms with E-state index in [0.717, 1.165) is 0 Å². The number of methoxy groups -OCH3 is 1. The SMILES string of the molecule is COc1ccc(Cl)cc1NC(=O)c1ccc(N2CCOC2=O)cc1. The summed E-state index contributed by atoms with van der Waals surface area (Å²) in [6, 6.07) is 11.7. The Labute approximate surface area is 143 Å². The molecule has 1 aliphatic rings. The van der Waals surface area contributed by atoms with Gasteiger partial charge in [0.05, 0.1) is 19.3 Å². The van der Waals surface area contributed by atoms with Crippen LogP contribution in [0.5, 0.6) is 5.75 Å². The fourth-order valence-electron chi connectivity index (χ4n) is 2.39. The Morgan fingerprint density at radius 3 is 2.62 bits per heavy atom. The molecule has 0 unspecified atom stereocenters. The molecule has 7 heteroatoms. The number of carbonyl (C=O) groups is 2. The number of anilines is 2. The highest BCUT2D eigenvalue weighted by Gasteiger charge is 2.23. The number of halogens is 1. The van der Waals surface area contributed by atoms with Gasteiger partial charge in [-0.25, -0.2) is 4.79 Å². The third kappa shape index (κ3) is 3.28. The van der Waals surface area contributed by atoms with E-state index in [4.69, 9.17) is 21.1 Å². The molecule has 24 heavy (non-hydrogen) atoms.